The maximum atomic E-state index is 14.1. The summed E-state index contributed by atoms with van der Waals surface area (Å²) in [6.07, 6.45) is 10.1. The van der Waals surface area contributed by atoms with Gasteiger partial charge in [-0.25, -0.2) is 9.97 Å². The number of carbonyl (C=O) groups is 3. The fourth-order valence-electron chi connectivity index (χ4n) is 12.7. The highest BCUT2D eigenvalue weighted by Crippen LogP contribution is 2.42. The van der Waals surface area contributed by atoms with Gasteiger partial charge in [0.15, 0.2) is 5.82 Å². The number of hydrogen-bond acceptors (Lipinski definition) is 12. The minimum atomic E-state index is -0.406. The van der Waals surface area contributed by atoms with Crippen LogP contribution >= 0.6 is 0 Å². The molecule has 3 amide bonds. The molecule has 3 fully saturated rings. The van der Waals surface area contributed by atoms with E-state index in [1.54, 1.807) is 30.4 Å². The molecule has 0 radical (unpaired) electrons. The van der Waals surface area contributed by atoms with Crippen LogP contribution in [-0.2, 0) is 49.1 Å². The summed E-state index contributed by atoms with van der Waals surface area (Å²) in [4.78, 5) is 75.0. The Morgan fingerprint density at radius 3 is 2.47 bits per heavy atom. The molecule has 3 aromatic heterocycles. The van der Waals surface area contributed by atoms with E-state index in [9.17, 15) is 24.3 Å². The number of carbonyl (C=O) groups excluding carboxylic acids is 3. The van der Waals surface area contributed by atoms with E-state index in [0.29, 0.717) is 84.6 Å². The summed E-state index contributed by atoms with van der Waals surface area (Å²) < 4.78 is 9.19. The van der Waals surface area contributed by atoms with Crippen LogP contribution in [0.2, 0.25) is 0 Å². The third-order valence-electron chi connectivity index (χ3n) is 16.4. The lowest BCUT2D eigenvalue weighted by atomic mass is 9.90. The van der Waals surface area contributed by atoms with Crippen molar-refractivity contribution < 1.29 is 24.2 Å². The third kappa shape index (κ3) is 8.88. The Labute approximate surface area is 426 Å². The minimum Gasteiger partial charge on any atom is -0.392 e. The van der Waals surface area contributed by atoms with Crippen LogP contribution in [-0.4, -0.2) is 122 Å². The molecule has 17 heteroatoms. The normalized spacial score (nSPS) is 22.1. The molecule has 1 unspecified atom stereocenters. The van der Waals surface area contributed by atoms with Crippen molar-refractivity contribution in [3.63, 3.8) is 0 Å². The van der Waals surface area contributed by atoms with Crippen LogP contribution < -0.4 is 30.9 Å². The maximum absolute atomic E-state index is 14.1. The Morgan fingerprint density at radius 1 is 0.890 bits per heavy atom. The number of aryl methyl sites for hydroxylation is 1. The van der Waals surface area contributed by atoms with E-state index in [-0.39, 0.29) is 46.6 Å². The van der Waals surface area contributed by atoms with Crippen LogP contribution in [0.3, 0.4) is 0 Å². The Hall–Kier alpha value is -6.82. The number of rotatable bonds is 11. The summed E-state index contributed by atoms with van der Waals surface area (Å²) in [7, 11) is 1.64. The molecule has 6 aliphatic rings. The van der Waals surface area contributed by atoms with E-state index in [0.717, 1.165) is 81.5 Å². The second-order valence-corrected chi connectivity index (χ2v) is 21.7. The number of nitrogens with one attached hydrogen (secondary N) is 2. The number of aliphatic hydroxyl groups excluding tert-OH is 1. The minimum absolute atomic E-state index is 0.0460. The lowest BCUT2D eigenvalue weighted by Gasteiger charge is -2.48. The summed E-state index contributed by atoms with van der Waals surface area (Å²) in [6, 6.07) is 16.7. The second-order valence-electron chi connectivity index (χ2n) is 21.7. The number of aromatic nitrogens is 4. The molecule has 3 atom stereocenters. The van der Waals surface area contributed by atoms with Crippen molar-refractivity contribution in [2.75, 3.05) is 71.3 Å². The molecule has 17 nitrogen and oxygen atoms in total. The smallest absolute Gasteiger partial charge is 0.293 e. The van der Waals surface area contributed by atoms with Gasteiger partial charge in [0.2, 0.25) is 5.91 Å². The van der Waals surface area contributed by atoms with Gasteiger partial charge in [-0.1, -0.05) is 26.5 Å². The first-order valence-corrected chi connectivity index (χ1v) is 26.0. The Balaban J connectivity index is 0.786. The standard InChI is InChI=1S/C56H67N11O6/c1-7-50(69)59-44-27-37(58-51-55(72)61(6)32-45(60-51)40-13-17-57-52(43(40)33-68)66-22-21-65-48(54(66)71)26-36-28-56(4,5)29-49(36)65)11-12-47(44)64-20-19-62(30-35(64)3)39-14-18-63(34(2)25-39)46-10-8-9-41-42(46)31-67(53(41)70)38-15-23-73-24-16-38/h7-13,17,26-27,32,34-35,38-39,68H,1,14-16,18-25,28-31,33H2,2-6H3,(H,58,60)(H,59,69)/t34-,35+,39?/m1/s1. The number of benzene rings is 2. The zero-order valence-electron chi connectivity index (χ0n) is 42.7. The Morgan fingerprint density at radius 2 is 1.70 bits per heavy atom. The molecule has 3 N–H and O–H groups in total. The average molecular weight is 990 g/mol. The van der Waals surface area contributed by atoms with E-state index in [4.69, 9.17) is 9.72 Å². The van der Waals surface area contributed by atoms with Crippen molar-refractivity contribution in [1.29, 1.82) is 0 Å². The van der Waals surface area contributed by atoms with E-state index in [2.05, 4.69) is 80.1 Å². The first-order chi connectivity index (χ1) is 35.2. The van der Waals surface area contributed by atoms with Crippen molar-refractivity contribution in [3.8, 4) is 11.3 Å². The van der Waals surface area contributed by atoms with Crippen LogP contribution in [0.4, 0.5) is 34.4 Å². The zero-order chi connectivity index (χ0) is 50.9. The van der Waals surface area contributed by atoms with Gasteiger partial charge in [0.05, 0.1) is 23.7 Å². The number of anilines is 6. The van der Waals surface area contributed by atoms with E-state index in [1.165, 1.54) is 27.6 Å². The van der Waals surface area contributed by atoms with Gasteiger partial charge >= 0.3 is 0 Å². The predicted molar refractivity (Wildman–Crippen MR) is 283 cm³/mol. The molecule has 8 heterocycles. The summed E-state index contributed by atoms with van der Waals surface area (Å²) >= 11 is 0. The van der Waals surface area contributed by atoms with Crippen molar-refractivity contribution in [2.24, 2.45) is 12.5 Å². The monoisotopic (exact) mass is 990 g/mol. The Kier molecular flexibility index (Phi) is 12.8. The van der Waals surface area contributed by atoms with Crippen LogP contribution in [0.15, 0.2) is 78.4 Å². The van der Waals surface area contributed by atoms with Gasteiger partial charge in [0.1, 0.15) is 11.5 Å². The van der Waals surface area contributed by atoms with Crippen LogP contribution in [0.1, 0.15) is 96.6 Å². The van der Waals surface area contributed by atoms with Crippen molar-refractivity contribution in [2.45, 2.75) is 110 Å². The van der Waals surface area contributed by atoms with Gasteiger partial charge < -0.3 is 44.3 Å². The number of pyridine rings is 1. The number of nitrogens with zero attached hydrogens (tertiary/aromatic N) is 9. The Bertz CT molecular complexity index is 3080. The molecule has 3 saturated heterocycles. The molecule has 0 spiro atoms. The number of amides is 3. The number of piperazine rings is 1. The first kappa shape index (κ1) is 48.4. The van der Waals surface area contributed by atoms with Crippen LogP contribution in [0, 0.1) is 5.41 Å². The molecular formula is C56H67N11O6. The molecule has 2 aromatic carbocycles. The van der Waals surface area contributed by atoms with E-state index >= 15 is 0 Å². The highest BCUT2D eigenvalue weighted by atomic mass is 16.5. The second kappa shape index (κ2) is 19.2. The van der Waals surface area contributed by atoms with Gasteiger partial charge in [-0.05, 0) is 112 Å². The summed E-state index contributed by atoms with van der Waals surface area (Å²) in [6.45, 7) is 18.8. The molecule has 73 heavy (non-hydrogen) atoms. The summed E-state index contributed by atoms with van der Waals surface area (Å²) in [5, 5.41) is 17.1. The maximum Gasteiger partial charge on any atom is 0.293 e. The van der Waals surface area contributed by atoms with Crippen LogP contribution in [0.25, 0.3) is 11.3 Å². The van der Waals surface area contributed by atoms with Gasteiger partial charge in [-0.3, -0.25) is 29.0 Å². The molecule has 1 aliphatic carbocycles. The number of aliphatic hydroxyl groups is 1. The molecular weight excluding hydrogens is 923 g/mol. The van der Waals surface area contributed by atoms with Crippen molar-refractivity contribution in [1.82, 2.24) is 28.9 Å². The lowest BCUT2D eigenvalue weighted by Crippen LogP contribution is -2.58. The van der Waals surface area contributed by atoms with E-state index in [1.807, 2.05) is 36.4 Å². The fourth-order valence-corrected chi connectivity index (χ4v) is 12.7. The number of fused-ring (bicyclic) bond motifs is 4. The molecule has 0 saturated carbocycles. The van der Waals surface area contributed by atoms with Gasteiger partial charge in [0.25, 0.3) is 17.4 Å². The molecule has 11 rings (SSSR count). The summed E-state index contributed by atoms with van der Waals surface area (Å²) in [5.74, 6) is 0.0349. The van der Waals surface area contributed by atoms with Gasteiger partial charge in [-0.2, -0.15) is 0 Å². The topological polar surface area (TPSA) is 174 Å². The molecule has 0 bridgehead atoms. The van der Waals surface area contributed by atoms with Crippen LogP contribution in [0.5, 0.6) is 0 Å². The quantitative estimate of drug-likeness (QED) is 0.123. The van der Waals surface area contributed by atoms with Crippen molar-refractivity contribution in [3.05, 3.63) is 118 Å². The lowest BCUT2D eigenvalue weighted by molar-refractivity contribution is -0.111. The SMILES string of the molecule is C=CC(=O)Nc1cc(Nc2nc(-c3ccnc(N4CCn5c(cc6c5CC(C)(C)C6)C4=O)c3CO)cn(C)c2=O)ccc1N1CCN(C2CCN(c3cccc4c3CN(C3CCOCC3)C4=O)[C@H](C)C2)C[C@@H]1C. The van der Waals surface area contributed by atoms with Crippen molar-refractivity contribution >= 4 is 52.1 Å². The highest BCUT2D eigenvalue weighted by Gasteiger charge is 2.40. The summed E-state index contributed by atoms with van der Waals surface area (Å²) in [5.41, 5.74) is 9.41. The number of piperidine rings is 1. The average Bonchev–Trinajstić information content (AvgIpc) is 4.02. The van der Waals surface area contributed by atoms with Gasteiger partial charge in [0, 0.05) is 142 Å². The molecule has 382 valence electrons. The molecule has 5 aromatic rings. The fraction of sp³-hybridized carbons (Fsp3) is 0.464. The number of hydrogen-bond donors (Lipinski definition) is 3. The highest BCUT2D eigenvalue weighted by molar-refractivity contribution is 6.06. The predicted octanol–water partition coefficient (Wildman–Crippen LogP) is 6.49. The number of ether oxygens (including phenoxy) is 1. The first-order valence-electron chi connectivity index (χ1n) is 26.0. The van der Waals surface area contributed by atoms with Gasteiger partial charge in [-0.15, -0.1) is 0 Å². The third-order valence-corrected chi connectivity index (χ3v) is 16.4. The largest absolute Gasteiger partial charge is 0.392 e. The van der Waals surface area contributed by atoms with E-state index < -0.39 is 6.61 Å². The zero-order valence-corrected chi connectivity index (χ0v) is 42.7. The molecule has 5 aliphatic heterocycles.